The second kappa shape index (κ2) is 6.74. The van der Waals surface area contributed by atoms with Crippen molar-refractivity contribution in [2.24, 2.45) is 0 Å². The molecule has 0 aliphatic heterocycles. The number of anilines is 1. The van der Waals surface area contributed by atoms with Crippen LogP contribution in [0.15, 0.2) is 47.5 Å². The lowest BCUT2D eigenvalue weighted by molar-refractivity contribution is 0.0603. The standard InChI is InChI=1S/C16H12Cl2N2O2S/c1-22-16(21)14-8-19-15-7-11(2-3-13(14)15)20-23-12-5-9(17)4-10(18)6-12/h2-8,19-20H,1H3. The molecule has 0 atom stereocenters. The van der Waals surface area contributed by atoms with E-state index in [1.807, 2.05) is 30.3 Å². The number of halogens is 2. The summed E-state index contributed by atoms with van der Waals surface area (Å²) >= 11 is 13.4. The summed E-state index contributed by atoms with van der Waals surface area (Å²) in [4.78, 5) is 15.6. The van der Waals surface area contributed by atoms with Crippen LogP contribution in [0.1, 0.15) is 10.4 Å². The molecule has 0 spiro atoms. The predicted octanol–water partition coefficient (Wildman–Crippen LogP) is 5.38. The first-order valence-electron chi connectivity index (χ1n) is 6.65. The molecule has 0 amide bonds. The number of methoxy groups -OCH3 is 1. The van der Waals surface area contributed by atoms with Gasteiger partial charge >= 0.3 is 5.97 Å². The van der Waals surface area contributed by atoms with Crippen LogP contribution in [0, 0.1) is 0 Å². The van der Waals surface area contributed by atoms with Crippen LogP contribution in [-0.2, 0) is 4.74 Å². The molecule has 0 radical (unpaired) electrons. The Hall–Kier alpha value is -1.82. The number of esters is 1. The summed E-state index contributed by atoms with van der Waals surface area (Å²) in [6, 6.07) is 11.0. The summed E-state index contributed by atoms with van der Waals surface area (Å²) in [5, 5.41) is 1.99. The van der Waals surface area contributed by atoms with Crippen molar-refractivity contribution in [2.45, 2.75) is 4.90 Å². The van der Waals surface area contributed by atoms with Gasteiger partial charge in [-0.15, -0.1) is 0 Å². The van der Waals surface area contributed by atoms with Gasteiger partial charge in [0.15, 0.2) is 0 Å². The van der Waals surface area contributed by atoms with E-state index in [0.717, 1.165) is 21.5 Å². The van der Waals surface area contributed by atoms with Gasteiger partial charge in [0.2, 0.25) is 0 Å². The first-order chi connectivity index (χ1) is 11.1. The highest BCUT2D eigenvalue weighted by Crippen LogP contribution is 2.29. The van der Waals surface area contributed by atoms with Crippen molar-refractivity contribution < 1.29 is 9.53 Å². The third-order valence-electron chi connectivity index (χ3n) is 3.21. The van der Waals surface area contributed by atoms with E-state index in [2.05, 4.69) is 9.71 Å². The van der Waals surface area contributed by atoms with E-state index in [1.165, 1.54) is 19.1 Å². The Bertz CT molecular complexity index is 859. The molecule has 3 rings (SSSR count). The smallest absolute Gasteiger partial charge is 0.340 e. The number of H-pyrrole nitrogens is 1. The van der Waals surface area contributed by atoms with Gasteiger partial charge in [0.1, 0.15) is 0 Å². The number of rotatable bonds is 4. The highest BCUT2D eigenvalue weighted by molar-refractivity contribution is 8.00. The van der Waals surface area contributed by atoms with Gasteiger partial charge in [0, 0.05) is 37.7 Å². The van der Waals surface area contributed by atoms with Crippen molar-refractivity contribution in [3.8, 4) is 0 Å². The Morgan fingerprint density at radius 1 is 1.17 bits per heavy atom. The van der Waals surface area contributed by atoms with Crippen LogP contribution in [0.5, 0.6) is 0 Å². The maximum atomic E-state index is 11.7. The van der Waals surface area contributed by atoms with E-state index in [0.29, 0.717) is 15.6 Å². The number of nitrogens with one attached hydrogen (secondary N) is 2. The van der Waals surface area contributed by atoms with Gasteiger partial charge in [-0.2, -0.15) is 0 Å². The second-order valence-electron chi connectivity index (χ2n) is 4.76. The molecular formula is C16H12Cl2N2O2S. The molecule has 2 aromatic carbocycles. The minimum absolute atomic E-state index is 0.361. The summed E-state index contributed by atoms with van der Waals surface area (Å²) in [5.74, 6) is -0.361. The van der Waals surface area contributed by atoms with Crippen molar-refractivity contribution in [1.29, 1.82) is 0 Å². The molecule has 0 unspecified atom stereocenters. The van der Waals surface area contributed by atoms with Gasteiger partial charge in [0.25, 0.3) is 0 Å². The van der Waals surface area contributed by atoms with Crippen LogP contribution in [0.2, 0.25) is 10.0 Å². The minimum atomic E-state index is -0.361. The fourth-order valence-corrected chi connectivity index (χ4v) is 3.56. The fourth-order valence-electron chi connectivity index (χ4n) is 2.17. The monoisotopic (exact) mass is 366 g/mol. The summed E-state index contributed by atoms with van der Waals surface area (Å²) in [6.07, 6.45) is 1.64. The van der Waals surface area contributed by atoms with Crippen LogP contribution in [-0.4, -0.2) is 18.1 Å². The summed E-state index contributed by atoms with van der Waals surface area (Å²) < 4.78 is 7.98. The molecule has 2 N–H and O–H groups in total. The van der Waals surface area contributed by atoms with E-state index >= 15 is 0 Å². The number of benzene rings is 2. The summed E-state index contributed by atoms with van der Waals surface area (Å²) in [7, 11) is 1.36. The van der Waals surface area contributed by atoms with Crippen molar-refractivity contribution in [3.05, 3.63) is 58.2 Å². The lowest BCUT2D eigenvalue weighted by Gasteiger charge is -2.07. The van der Waals surface area contributed by atoms with E-state index < -0.39 is 0 Å². The van der Waals surface area contributed by atoms with Crippen LogP contribution in [0.3, 0.4) is 0 Å². The number of hydrogen-bond donors (Lipinski definition) is 2. The van der Waals surface area contributed by atoms with Gasteiger partial charge in [-0.3, -0.25) is 0 Å². The number of carbonyl (C=O) groups excluding carboxylic acids is 1. The zero-order valence-corrected chi connectivity index (χ0v) is 14.4. The van der Waals surface area contributed by atoms with Gasteiger partial charge in [-0.25, -0.2) is 4.79 Å². The second-order valence-corrected chi connectivity index (χ2v) is 6.52. The summed E-state index contributed by atoms with van der Waals surface area (Å²) in [5.41, 5.74) is 2.25. The molecule has 7 heteroatoms. The lowest BCUT2D eigenvalue weighted by atomic mass is 10.1. The van der Waals surface area contributed by atoms with Crippen molar-refractivity contribution >= 4 is 57.7 Å². The maximum absolute atomic E-state index is 11.7. The Morgan fingerprint density at radius 2 is 1.91 bits per heavy atom. The van der Waals surface area contributed by atoms with Crippen molar-refractivity contribution in [2.75, 3.05) is 11.8 Å². The lowest BCUT2D eigenvalue weighted by Crippen LogP contribution is -1.99. The Morgan fingerprint density at radius 3 is 2.61 bits per heavy atom. The Balaban J connectivity index is 1.80. The van der Waals surface area contributed by atoms with Gasteiger partial charge in [0.05, 0.1) is 12.7 Å². The zero-order valence-electron chi connectivity index (χ0n) is 12.0. The van der Waals surface area contributed by atoms with Crippen molar-refractivity contribution in [1.82, 2.24) is 4.98 Å². The molecule has 0 saturated heterocycles. The molecular weight excluding hydrogens is 355 g/mol. The average Bonchev–Trinajstić information content (AvgIpc) is 2.94. The number of aromatic nitrogens is 1. The van der Waals surface area contributed by atoms with Crippen LogP contribution in [0.4, 0.5) is 5.69 Å². The van der Waals surface area contributed by atoms with Gasteiger partial charge < -0.3 is 14.4 Å². The maximum Gasteiger partial charge on any atom is 0.340 e. The Kier molecular flexibility index (Phi) is 4.71. The molecule has 0 aliphatic rings. The molecule has 23 heavy (non-hydrogen) atoms. The van der Waals surface area contributed by atoms with Gasteiger partial charge in [-0.05, 0) is 48.3 Å². The minimum Gasteiger partial charge on any atom is -0.465 e. The number of aromatic amines is 1. The fraction of sp³-hybridized carbons (Fsp3) is 0.0625. The zero-order chi connectivity index (χ0) is 16.4. The van der Waals surface area contributed by atoms with Gasteiger partial charge in [-0.1, -0.05) is 23.2 Å². The topological polar surface area (TPSA) is 54.1 Å². The third-order valence-corrected chi connectivity index (χ3v) is 4.46. The predicted molar refractivity (Wildman–Crippen MR) is 95.6 cm³/mol. The first kappa shape index (κ1) is 16.1. The molecule has 0 fully saturated rings. The quantitative estimate of drug-likeness (QED) is 0.480. The summed E-state index contributed by atoms with van der Waals surface area (Å²) in [6.45, 7) is 0. The SMILES string of the molecule is COC(=O)c1c[nH]c2cc(NSc3cc(Cl)cc(Cl)c3)ccc12. The average molecular weight is 367 g/mol. The van der Waals surface area contributed by atoms with E-state index in [4.69, 9.17) is 27.9 Å². The molecule has 3 aromatic rings. The third kappa shape index (κ3) is 3.58. The van der Waals surface area contributed by atoms with Crippen LogP contribution in [0.25, 0.3) is 10.9 Å². The molecule has 4 nitrogen and oxygen atoms in total. The van der Waals surface area contributed by atoms with Crippen LogP contribution >= 0.6 is 35.1 Å². The molecule has 0 aliphatic carbocycles. The molecule has 1 aromatic heterocycles. The first-order valence-corrected chi connectivity index (χ1v) is 8.22. The van der Waals surface area contributed by atoms with E-state index in [-0.39, 0.29) is 5.97 Å². The number of fused-ring (bicyclic) bond motifs is 1. The van der Waals surface area contributed by atoms with Crippen molar-refractivity contribution in [3.63, 3.8) is 0 Å². The van der Waals surface area contributed by atoms with E-state index in [9.17, 15) is 4.79 Å². The Labute approximate surface area is 147 Å². The largest absolute Gasteiger partial charge is 0.465 e. The molecule has 1 heterocycles. The number of ether oxygens (including phenoxy) is 1. The molecule has 118 valence electrons. The molecule has 0 bridgehead atoms. The number of carbonyl (C=O) groups is 1. The normalized spacial score (nSPS) is 10.7. The highest BCUT2D eigenvalue weighted by atomic mass is 35.5. The highest BCUT2D eigenvalue weighted by Gasteiger charge is 2.12. The number of hydrogen-bond acceptors (Lipinski definition) is 4. The van der Waals surface area contributed by atoms with Crippen LogP contribution < -0.4 is 4.72 Å². The van der Waals surface area contributed by atoms with E-state index in [1.54, 1.807) is 12.3 Å². The molecule has 0 saturated carbocycles.